The van der Waals surface area contributed by atoms with Gasteiger partial charge in [0.2, 0.25) is 5.91 Å². The largest absolute Gasteiger partial charge is 0.361 e. The minimum atomic E-state index is -0.374. The van der Waals surface area contributed by atoms with Crippen LogP contribution >= 0.6 is 0 Å². The third-order valence-electron chi connectivity index (χ3n) is 5.68. The zero-order valence-corrected chi connectivity index (χ0v) is 13.6. The molecule has 1 saturated carbocycles. The van der Waals surface area contributed by atoms with E-state index < -0.39 is 0 Å². The molecule has 1 amide bonds. The van der Waals surface area contributed by atoms with Gasteiger partial charge in [-0.05, 0) is 62.3 Å². The maximum Gasteiger partial charge on any atom is 0.233 e. The highest BCUT2D eigenvalue weighted by Crippen LogP contribution is 2.52. The molecular formula is C19H23FN2O. The Morgan fingerprint density at radius 3 is 2.96 bits per heavy atom. The lowest BCUT2D eigenvalue weighted by Gasteiger charge is -2.37. The predicted molar refractivity (Wildman–Crippen MR) is 88.8 cm³/mol. The van der Waals surface area contributed by atoms with Gasteiger partial charge in [-0.15, -0.1) is 0 Å². The first-order valence-corrected chi connectivity index (χ1v) is 8.74. The lowest BCUT2D eigenvalue weighted by Crippen LogP contribution is -2.48. The second-order valence-electron chi connectivity index (χ2n) is 7.03. The molecule has 2 heterocycles. The van der Waals surface area contributed by atoms with E-state index in [2.05, 4.69) is 16.8 Å². The molecule has 1 aromatic carbocycles. The highest BCUT2D eigenvalue weighted by molar-refractivity contribution is 5.97. The van der Waals surface area contributed by atoms with E-state index in [1.807, 2.05) is 6.20 Å². The molecule has 4 heteroatoms. The molecule has 1 N–H and O–H groups in total. The number of likely N-dealkylation sites (tertiary alicyclic amines) is 1. The average Bonchev–Trinajstić information content (AvgIpc) is 3.28. The highest BCUT2D eigenvalue weighted by Gasteiger charge is 2.55. The summed E-state index contributed by atoms with van der Waals surface area (Å²) >= 11 is 0. The summed E-state index contributed by atoms with van der Waals surface area (Å²) in [5.74, 6) is 0.0402. The first-order valence-electron chi connectivity index (χ1n) is 8.74. The summed E-state index contributed by atoms with van der Waals surface area (Å²) in [5.41, 5.74) is 1.46. The van der Waals surface area contributed by atoms with Gasteiger partial charge in [0.15, 0.2) is 0 Å². The molecule has 0 spiro atoms. The maximum absolute atomic E-state index is 13.4. The minimum absolute atomic E-state index is 0.246. The van der Waals surface area contributed by atoms with Crippen LogP contribution in [0.5, 0.6) is 0 Å². The number of H-pyrrole nitrogens is 1. The quantitative estimate of drug-likeness (QED) is 0.908. The molecule has 4 rings (SSSR count). The number of fused-ring (bicyclic) bond motifs is 1. The summed E-state index contributed by atoms with van der Waals surface area (Å²) in [6.07, 6.45) is 8.21. The molecule has 1 unspecified atom stereocenters. The second-order valence-corrected chi connectivity index (χ2v) is 7.03. The van der Waals surface area contributed by atoms with Crippen LogP contribution in [0.3, 0.4) is 0 Å². The van der Waals surface area contributed by atoms with Gasteiger partial charge in [-0.2, -0.15) is 0 Å². The number of carbonyl (C=O) groups excluding carboxylic acids is 1. The van der Waals surface area contributed by atoms with E-state index in [-0.39, 0.29) is 17.1 Å². The molecule has 1 saturated heterocycles. The van der Waals surface area contributed by atoms with Crippen molar-refractivity contribution in [3.8, 4) is 0 Å². The van der Waals surface area contributed by atoms with Crippen molar-refractivity contribution < 1.29 is 9.18 Å². The van der Waals surface area contributed by atoms with E-state index in [0.717, 1.165) is 55.1 Å². The van der Waals surface area contributed by atoms with E-state index in [4.69, 9.17) is 0 Å². The van der Waals surface area contributed by atoms with Crippen molar-refractivity contribution in [2.75, 3.05) is 6.54 Å². The molecule has 2 fully saturated rings. The number of nitrogens with one attached hydrogen (secondary N) is 1. The normalized spacial score (nSPS) is 23.2. The first-order chi connectivity index (χ1) is 11.2. The summed E-state index contributed by atoms with van der Waals surface area (Å²) in [6.45, 7) is 3.06. The SMILES string of the molecule is CCC1CCCCN1C(=O)C1(c2c[nH]c3cc(F)ccc23)CC1. The summed E-state index contributed by atoms with van der Waals surface area (Å²) in [7, 11) is 0. The Bertz CT molecular complexity index is 747. The van der Waals surface area contributed by atoms with Crippen LogP contribution < -0.4 is 0 Å². The molecule has 1 atom stereocenters. The van der Waals surface area contributed by atoms with Crippen molar-refractivity contribution in [1.82, 2.24) is 9.88 Å². The smallest absolute Gasteiger partial charge is 0.233 e. The van der Waals surface area contributed by atoms with Crippen LogP contribution in [0.15, 0.2) is 24.4 Å². The Hall–Kier alpha value is -1.84. The van der Waals surface area contributed by atoms with Crippen LogP contribution in [-0.2, 0) is 10.2 Å². The van der Waals surface area contributed by atoms with E-state index in [1.54, 1.807) is 6.07 Å². The van der Waals surface area contributed by atoms with Crippen LogP contribution in [-0.4, -0.2) is 28.4 Å². The molecule has 1 aromatic heterocycles. The van der Waals surface area contributed by atoms with Gasteiger partial charge in [0.25, 0.3) is 0 Å². The number of amides is 1. The number of aromatic amines is 1. The number of aromatic nitrogens is 1. The lowest BCUT2D eigenvalue weighted by atomic mass is 9.90. The van der Waals surface area contributed by atoms with Crippen molar-refractivity contribution in [2.24, 2.45) is 0 Å². The Morgan fingerprint density at radius 1 is 1.39 bits per heavy atom. The standard InChI is InChI=1S/C19H23FN2O/c1-2-14-5-3-4-10-22(14)18(23)19(8-9-19)16-12-21-17-11-13(20)6-7-15(16)17/h6-7,11-12,14,21H,2-5,8-10H2,1H3. The Kier molecular flexibility index (Phi) is 3.43. The Labute approximate surface area is 135 Å². The summed E-state index contributed by atoms with van der Waals surface area (Å²) in [5, 5.41) is 0.988. The van der Waals surface area contributed by atoms with E-state index in [1.165, 1.54) is 18.6 Å². The molecule has 3 nitrogen and oxygen atoms in total. The van der Waals surface area contributed by atoms with Crippen LogP contribution in [0, 0.1) is 5.82 Å². The number of piperidine rings is 1. The van der Waals surface area contributed by atoms with Crippen LogP contribution in [0.2, 0.25) is 0 Å². The third-order valence-corrected chi connectivity index (χ3v) is 5.68. The summed E-state index contributed by atoms with van der Waals surface area (Å²) < 4.78 is 13.4. The topological polar surface area (TPSA) is 36.1 Å². The van der Waals surface area contributed by atoms with Gasteiger partial charge in [-0.25, -0.2) is 4.39 Å². The zero-order valence-electron chi connectivity index (χ0n) is 13.6. The van der Waals surface area contributed by atoms with Crippen molar-refractivity contribution in [3.05, 3.63) is 35.8 Å². The van der Waals surface area contributed by atoms with Crippen LogP contribution in [0.4, 0.5) is 4.39 Å². The average molecular weight is 314 g/mol. The lowest BCUT2D eigenvalue weighted by molar-refractivity contribution is -0.137. The minimum Gasteiger partial charge on any atom is -0.361 e. The first kappa shape index (κ1) is 14.7. The molecule has 1 aliphatic carbocycles. The fourth-order valence-corrected chi connectivity index (χ4v) is 4.19. The fourth-order valence-electron chi connectivity index (χ4n) is 4.19. The highest BCUT2D eigenvalue weighted by atomic mass is 19.1. The van der Waals surface area contributed by atoms with Crippen molar-refractivity contribution in [2.45, 2.75) is 56.9 Å². The number of benzene rings is 1. The molecule has 0 bridgehead atoms. The van der Waals surface area contributed by atoms with Crippen molar-refractivity contribution >= 4 is 16.8 Å². The fraction of sp³-hybridized carbons (Fsp3) is 0.526. The number of hydrogen-bond donors (Lipinski definition) is 1. The second kappa shape index (κ2) is 5.36. The van der Waals surface area contributed by atoms with E-state index in [9.17, 15) is 9.18 Å². The van der Waals surface area contributed by atoms with Gasteiger partial charge in [0.1, 0.15) is 5.82 Å². The molecule has 2 aliphatic rings. The van der Waals surface area contributed by atoms with E-state index >= 15 is 0 Å². The number of rotatable bonds is 3. The number of nitrogens with zero attached hydrogens (tertiary/aromatic N) is 1. The molecule has 0 radical (unpaired) electrons. The summed E-state index contributed by atoms with van der Waals surface area (Å²) in [6, 6.07) is 5.18. The predicted octanol–water partition coefficient (Wildman–Crippen LogP) is 4.13. The van der Waals surface area contributed by atoms with Gasteiger partial charge in [0.05, 0.1) is 5.41 Å². The number of hydrogen-bond acceptors (Lipinski definition) is 1. The van der Waals surface area contributed by atoms with Gasteiger partial charge in [-0.3, -0.25) is 4.79 Å². The molecule has 1 aliphatic heterocycles. The summed E-state index contributed by atoms with van der Waals surface area (Å²) in [4.78, 5) is 18.6. The molecular weight excluding hydrogens is 291 g/mol. The van der Waals surface area contributed by atoms with Gasteiger partial charge in [0, 0.05) is 29.7 Å². The molecule has 122 valence electrons. The Morgan fingerprint density at radius 2 is 2.22 bits per heavy atom. The molecule has 2 aromatic rings. The van der Waals surface area contributed by atoms with Gasteiger partial charge in [-0.1, -0.05) is 6.92 Å². The monoisotopic (exact) mass is 314 g/mol. The van der Waals surface area contributed by atoms with E-state index in [0.29, 0.717) is 6.04 Å². The van der Waals surface area contributed by atoms with Crippen LogP contribution in [0.1, 0.15) is 51.0 Å². The number of carbonyl (C=O) groups is 1. The zero-order chi connectivity index (χ0) is 16.0. The van der Waals surface area contributed by atoms with Gasteiger partial charge >= 0.3 is 0 Å². The molecule has 23 heavy (non-hydrogen) atoms. The third kappa shape index (κ3) is 2.27. The van der Waals surface area contributed by atoms with Crippen molar-refractivity contribution in [3.63, 3.8) is 0 Å². The number of halogens is 1. The Balaban J connectivity index is 1.70. The maximum atomic E-state index is 13.4. The van der Waals surface area contributed by atoms with Crippen LogP contribution in [0.25, 0.3) is 10.9 Å². The van der Waals surface area contributed by atoms with Gasteiger partial charge < -0.3 is 9.88 Å². The van der Waals surface area contributed by atoms with Crippen molar-refractivity contribution in [1.29, 1.82) is 0 Å².